The zero-order valence-electron chi connectivity index (χ0n) is 14.1. The monoisotopic (exact) mass is 391 g/mol. The van der Waals surface area contributed by atoms with Crippen molar-refractivity contribution in [2.45, 2.75) is 25.0 Å². The highest BCUT2D eigenvalue weighted by molar-refractivity contribution is 7.89. The van der Waals surface area contributed by atoms with Crippen molar-refractivity contribution in [2.75, 3.05) is 0 Å². The fraction of sp³-hybridized carbons (Fsp3) is 0.167. The third kappa shape index (κ3) is 3.52. The number of aryl methyl sites for hydroxylation is 1. The highest BCUT2D eigenvalue weighted by Crippen LogP contribution is 2.35. The lowest BCUT2D eigenvalue weighted by Gasteiger charge is -2.07. The molecule has 0 saturated heterocycles. The summed E-state index contributed by atoms with van der Waals surface area (Å²) < 4.78 is 24.7. The number of nitrogens with two attached hydrogens (primary N) is 1. The number of benzene rings is 2. The second-order valence-corrected chi connectivity index (χ2v) is 7.72. The fourth-order valence-electron chi connectivity index (χ4n) is 2.84. The number of hydrogen-bond donors (Lipinski definition) is 2. The molecule has 1 heterocycles. The van der Waals surface area contributed by atoms with Gasteiger partial charge < -0.3 is 5.11 Å². The molecule has 0 spiro atoms. The lowest BCUT2D eigenvalue weighted by atomic mass is 9.99. The van der Waals surface area contributed by atoms with Crippen molar-refractivity contribution >= 4 is 21.6 Å². The Kier molecular flexibility index (Phi) is 5.15. The minimum atomic E-state index is -3.76. The molecule has 1 aromatic heterocycles. The minimum absolute atomic E-state index is 0.0339. The van der Waals surface area contributed by atoms with E-state index < -0.39 is 10.0 Å². The Morgan fingerprint density at radius 1 is 1.08 bits per heavy atom. The summed E-state index contributed by atoms with van der Waals surface area (Å²) >= 11 is 5.98. The Labute approximate surface area is 156 Å². The van der Waals surface area contributed by atoms with Crippen LogP contribution in [0.4, 0.5) is 0 Å². The first-order valence-electron chi connectivity index (χ1n) is 7.95. The number of primary sulfonamides is 1. The van der Waals surface area contributed by atoms with E-state index in [0.717, 1.165) is 16.7 Å². The third-order valence-corrected chi connectivity index (χ3v) is 5.28. The van der Waals surface area contributed by atoms with E-state index in [4.69, 9.17) is 16.7 Å². The summed E-state index contributed by atoms with van der Waals surface area (Å²) in [6.45, 7) is 2.35. The summed E-state index contributed by atoms with van der Waals surface area (Å²) in [5.74, 6) is 0. The van der Waals surface area contributed by atoms with Gasteiger partial charge in [0.2, 0.25) is 10.0 Å². The van der Waals surface area contributed by atoms with Crippen LogP contribution in [-0.4, -0.2) is 23.3 Å². The van der Waals surface area contributed by atoms with E-state index in [-0.39, 0.29) is 11.5 Å². The Hall–Kier alpha value is -2.19. The molecule has 2 aromatic carbocycles. The van der Waals surface area contributed by atoms with E-state index in [0.29, 0.717) is 23.0 Å². The number of hydrogen-bond acceptors (Lipinski definition) is 4. The summed E-state index contributed by atoms with van der Waals surface area (Å²) in [6.07, 6.45) is 0. The molecular weight excluding hydrogens is 374 g/mol. The van der Waals surface area contributed by atoms with Gasteiger partial charge in [0, 0.05) is 22.7 Å². The van der Waals surface area contributed by atoms with E-state index in [1.54, 1.807) is 28.9 Å². The van der Waals surface area contributed by atoms with Gasteiger partial charge in [-0.25, -0.2) is 13.6 Å². The van der Waals surface area contributed by atoms with Crippen molar-refractivity contribution in [1.29, 1.82) is 0 Å². The molecule has 0 radical (unpaired) electrons. The highest BCUT2D eigenvalue weighted by Gasteiger charge is 2.20. The first kappa shape index (κ1) is 18.6. The van der Waals surface area contributed by atoms with Gasteiger partial charge in [-0.2, -0.15) is 5.10 Å². The van der Waals surface area contributed by atoms with Crippen molar-refractivity contribution in [3.63, 3.8) is 0 Å². The Morgan fingerprint density at radius 3 is 2.15 bits per heavy atom. The van der Waals surface area contributed by atoms with Crippen LogP contribution in [-0.2, 0) is 23.2 Å². The van der Waals surface area contributed by atoms with Gasteiger partial charge in [0.1, 0.15) is 5.69 Å². The Balaban J connectivity index is 2.21. The molecule has 3 rings (SSSR count). The van der Waals surface area contributed by atoms with Crippen LogP contribution < -0.4 is 5.14 Å². The molecule has 26 heavy (non-hydrogen) atoms. The molecule has 136 valence electrons. The number of halogens is 1. The van der Waals surface area contributed by atoms with Gasteiger partial charge in [-0.05, 0) is 36.8 Å². The third-order valence-electron chi connectivity index (χ3n) is 4.10. The molecule has 0 aliphatic heterocycles. The molecule has 0 bridgehead atoms. The summed E-state index contributed by atoms with van der Waals surface area (Å²) in [4.78, 5) is 0.0339. The number of aromatic nitrogens is 2. The van der Waals surface area contributed by atoms with Gasteiger partial charge in [0.05, 0.1) is 17.2 Å². The Morgan fingerprint density at radius 2 is 1.65 bits per heavy atom. The van der Waals surface area contributed by atoms with E-state index in [9.17, 15) is 13.5 Å². The smallest absolute Gasteiger partial charge is 0.238 e. The second kappa shape index (κ2) is 7.20. The van der Waals surface area contributed by atoms with Crippen LogP contribution in [0.5, 0.6) is 0 Å². The maximum atomic E-state index is 11.5. The number of sulfonamides is 1. The highest BCUT2D eigenvalue weighted by atomic mass is 35.5. The van der Waals surface area contributed by atoms with Crippen LogP contribution in [0.3, 0.4) is 0 Å². The molecule has 0 atom stereocenters. The Bertz CT molecular complexity index is 1030. The lowest BCUT2D eigenvalue weighted by Crippen LogP contribution is -2.11. The molecule has 0 aliphatic carbocycles. The first-order chi connectivity index (χ1) is 12.3. The van der Waals surface area contributed by atoms with E-state index in [1.165, 1.54) is 12.1 Å². The van der Waals surface area contributed by atoms with Crippen molar-refractivity contribution in [2.24, 2.45) is 5.14 Å². The summed E-state index contributed by atoms with van der Waals surface area (Å²) in [5, 5.41) is 20.2. The largest absolute Gasteiger partial charge is 0.390 e. The first-order valence-corrected chi connectivity index (χ1v) is 9.87. The number of rotatable bonds is 5. The molecule has 0 fully saturated rings. The zero-order valence-corrected chi connectivity index (χ0v) is 15.6. The van der Waals surface area contributed by atoms with Gasteiger partial charge in [-0.1, -0.05) is 35.9 Å². The van der Waals surface area contributed by atoms with Crippen LogP contribution in [0.1, 0.15) is 12.6 Å². The van der Waals surface area contributed by atoms with Gasteiger partial charge in [-0.3, -0.25) is 4.68 Å². The molecule has 0 aliphatic rings. The average molecular weight is 392 g/mol. The van der Waals surface area contributed by atoms with Crippen LogP contribution in [0, 0.1) is 0 Å². The van der Waals surface area contributed by atoms with Crippen LogP contribution in [0.2, 0.25) is 5.02 Å². The van der Waals surface area contributed by atoms with Gasteiger partial charge in [0.25, 0.3) is 0 Å². The molecular formula is C18H18ClN3O3S. The minimum Gasteiger partial charge on any atom is -0.390 e. The van der Waals surface area contributed by atoms with Crippen molar-refractivity contribution in [3.8, 4) is 22.4 Å². The van der Waals surface area contributed by atoms with E-state index in [2.05, 4.69) is 5.10 Å². The van der Waals surface area contributed by atoms with E-state index >= 15 is 0 Å². The van der Waals surface area contributed by atoms with Crippen molar-refractivity contribution < 1.29 is 13.5 Å². The standard InChI is InChI=1S/C18H18ClN3O3S/c1-2-22-16(11-23)17(12-3-7-14(19)8-4-12)18(21-22)13-5-9-15(10-6-13)26(20,24)25/h3-10,23H,2,11H2,1H3,(H2,20,24,25). The number of aliphatic hydroxyl groups is 1. The zero-order chi connectivity index (χ0) is 18.9. The van der Waals surface area contributed by atoms with E-state index in [1.807, 2.05) is 19.1 Å². The predicted molar refractivity (Wildman–Crippen MR) is 101 cm³/mol. The molecule has 3 N–H and O–H groups in total. The molecule has 3 aromatic rings. The van der Waals surface area contributed by atoms with Gasteiger partial charge >= 0.3 is 0 Å². The summed E-state index contributed by atoms with van der Waals surface area (Å²) in [6, 6.07) is 13.5. The number of nitrogens with zero attached hydrogens (tertiary/aromatic N) is 2. The normalized spacial score (nSPS) is 11.7. The quantitative estimate of drug-likeness (QED) is 0.698. The molecule has 8 heteroatoms. The van der Waals surface area contributed by atoms with Gasteiger partial charge in [-0.15, -0.1) is 0 Å². The number of aliphatic hydroxyl groups excluding tert-OH is 1. The van der Waals surface area contributed by atoms with Crippen molar-refractivity contribution in [3.05, 3.63) is 59.2 Å². The molecule has 6 nitrogen and oxygen atoms in total. The molecule has 0 amide bonds. The van der Waals surface area contributed by atoms with Crippen LogP contribution in [0.15, 0.2) is 53.4 Å². The van der Waals surface area contributed by atoms with Crippen LogP contribution in [0.25, 0.3) is 22.4 Å². The maximum Gasteiger partial charge on any atom is 0.238 e. The summed E-state index contributed by atoms with van der Waals surface area (Å²) in [5.41, 5.74) is 3.71. The molecule has 0 saturated carbocycles. The van der Waals surface area contributed by atoms with Crippen LogP contribution >= 0.6 is 11.6 Å². The average Bonchev–Trinajstić information content (AvgIpc) is 3.00. The lowest BCUT2D eigenvalue weighted by molar-refractivity contribution is 0.269. The topological polar surface area (TPSA) is 98.2 Å². The maximum absolute atomic E-state index is 11.5. The second-order valence-electron chi connectivity index (χ2n) is 5.72. The fourth-order valence-corrected chi connectivity index (χ4v) is 3.48. The van der Waals surface area contributed by atoms with Crippen molar-refractivity contribution in [1.82, 2.24) is 9.78 Å². The van der Waals surface area contributed by atoms with Gasteiger partial charge in [0.15, 0.2) is 0 Å². The summed E-state index contributed by atoms with van der Waals surface area (Å²) in [7, 11) is -3.76. The predicted octanol–water partition coefficient (Wildman–Crippen LogP) is 3.03. The molecule has 0 unspecified atom stereocenters. The SMILES string of the molecule is CCn1nc(-c2ccc(S(N)(=O)=O)cc2)c(-c2ccc(Cl)cc2)c1CO.